The predicted molar refractivity (Wildman–Crippen MR) is 113 cm³/mol. The number of Topliss-reactive ketones (excluding diaryl/α,β-unsaturated/α-hetero) is 1. The molecule has 0 saturated carbocycles. The van der Waals surface area contributed by atoms with Gasteiger partial charge in [0.25, 0.3) is 0 Å². The van der Waals surface area contributed by atoms with Gasteiger partial charge in [0, 0.05) is 12.3 Å². The van der Waals surface area contributed by atoms with Crippen molar-refractivity contribution < 1.29 is 9.39 Å². The van der Waals surface area contributed by atoms with Gasteiger partial charge in [0.05, 0.1) is 27.2 Å². The first-order valence-corrected chi connectivity index (χ1v) is 11.7. The zero-order valence-corrected chi connectivity index (χ0v) is 18.2. The third kappa shape index (κ3) is 12.1. The summed E-state index contributed by atoms with van der Waals surface area (Å²) in [4.78, 5) is 12.4. The number of rotatable bonds is 15. The van der Waals surface area contributed by atoms with Gasteiger partial charge in [-0.15, -0.1) is 0 Å². The van der Waals surface area contributed by atoms with Crippen LogP contribution < -0.4 is 5.43 Å². The Morgan fingerprint density at radius 1 is 0.846 bits per heavy atom. The van der Waals surface area contributed by atoms with Crippen LogP contribution in [0.5, 0.6) is 0 Å². The van der Waals surface area contributed by atoms with Crippen LogP contribution in [0, 0.1) is 5.92 Å². The SMILES string of the molecule is CCCCCCCCCCCCCCCC(=O)C1CCC[N+](C)(C)NC1. The number of unbranched alkanes of at least 4 members (excludes halogenated alkanes) is 12. The van der Waals surface area contributed by atoms with Crippen molar-refractivity contribution in [2.24, 2.45) is 5.92 Å². The fourth-order valence-corrected chi connectivity index (χ4v) is 4.07. The van der Waals surface area contributed by atoms with E-state index in [0.29, 0.717) is 5.78 Å². The van der Waals surface area contributed by atoms with E-state index in [9.17, 15) is 4.79 Å². The van der Waals surface area contributed by atoms with Crippen LogP contribution >= 0.6 is 0 Å². The van der Waals surface area contributed by atoms with Gasteiger partial charge < -0.3 is 0 Å². The van der Waals surface area contributed by atoms with E-state index in [-0.39, 0.29) is 5.92 Å². The Morgan fingerprint density at radius 3 is 1.88 bits per heavy atom. The van der Waals surface area contributed by atoms with Crippen LogP contribution in [0.4, 0.5) is 0 Å². The predicted octanol–water partition coefficient (Wildman–Crippen LogP) is 6.03. The van der Waals surface area contributed by atoms with E-state index in [4.69, 9.17) is 0 Å². The van der Waals surface area contributed by atoms with Crippen molar-refractivity contribution in [3.8, 4) is 0 Å². The van der Waals surface area contributed by atoms with Crippen LogP contribution in [0.3, 0.4) is 0 Å². The monoisotopic (exact) mass is 367 g/mol. The first kappa shape index (κ1) is 23.6. The lowest BCUT2D eigenvalue weighted by molar-refractivity contribution is -0.933. The Kier molecular flexibility index (Phi) is 13.3. The molecule has 0 spiro atoms. The molecule has 1 fully saturated rings. The topological polar surface area (TPSA) is 29.1 Å². The minimum absolute atomic E-state index is 0.257. The van der Waals surface area contributed by atoms with Crippen LogP contribution in [-0.4, -0.2) is 37.6 Å². The summed E-state index contributed by atoms with van der Waals surface area (Å²) in [5, 5.41) is 0. The Balaban J connectivity index is 1.89. The Morgan fingerprint density at radius 2 is 1.35 bits per heavy atom. The lowest BCUT2D eigenvalue weighted by Gasteiger charge is -2.27. The maximum absolute atomic E-state index is 12.4. The number of quaternary nitrogens is 1. The van der Waals surface area contributed by atoms with Gasteiger partial charge in [-0.3, -0.25) is 9.39 Å². The molecule has 0 amide bonds. The van der Waals surface area contributed by atoms with Crippen molar-refractivity contribution in [2.75, 3.05) is 27.2 Å². The zero-order chi connectivity index (χ0) is 19.1. The number of nitrogens with zero attached hydrogens (tertiary/aromatic N) is 1. The maximum Gasteiger partial charge on any atom is 0.137 e. The van der Waals surface area contributed by atoms with Gasteiger partial charge in [-0.1, -0.05) is 84.0 Å². The second-order valence-electron chi connectivity index (χ2n) is 9.07. The molecule has 3 heteroatoms. The normalized spacial score (nSPS) is 20.0. The summed E-state index contributed by atoms with van der Waals surface area (Å²) < 4.78 is 0.850. The average Bonchev–Trinajstić information content (AvgIpc) is 2.79. The minimum atomic E-state index is 0.257. The Bertz CT molecular complexity index is 354. The highest BCUT2D eigenvalue weighted by Crippen LogP contribution is 2.18. The molecule has 1 unspecified atom stereocenters. The van der Waals surface area contributed by atoms with Crippen molar-refractivity contribution in [2.45, 2.75) is 110 Å². The molecular formula is C23H47N2O+. The third-order valence-electron chi connectivity index (χ3n) is 6.02. The lowest BCUT2D eigenvalue weighted by atomic mass is 9.94. The number of carbonyl (C=O) groups is 1. The molecule has 1 aliphatic rings. The quantitative estimate of drug-likeness (QED) is 0.283. The number of hydrogen-bond acceptors (Lipinski definition) is 2. The molecular weight excluding hydrogens is 320 g/mol. The fourth-order valence-electron chi connectivity index (χ4n) is 4.07. The zero-order valence-electron chi connectivity index (χ0n) is 18.2. The molecule has 1 atom stereocenters. The molecule has 1 aliphatic heterocycles. The first-order chi connectivity index (χ1) is 12.5. The number of nitrogens with one attached hydrogen (secondary N) is 1. The maximum atomic E-state index is 12.4. The second-order valence-corrected chi connectivity index (χ2v) is 9.07. The highest BCUT2D eigenvalue weighted by Gasteiger charge is 2.26. The van der Waals surface area contributed by atoms with E-state index in [0.717, 1.165) is 43.4 Å². The van der Waals surface area contributed by atoms with E-state index in [1.165, 1.54) is 77.0 Å². The van der Waals surface area contributed by atoms with Gasteiger partial charge in [-0.25, -0.2) is 0 Å². The average molecular weight is 368 g/mol. The smallest absolute Gasteiger partial charge is 0.137 e. The van der Waals surface area contributed by atoms with Gasteiger partial charge in [0.1, 0.15) is 5.78 Å². The summed E-state index contributed by atoms with van der Waals surface area (Å²) in [6.45, 7) is 4.27. The molecule has 3 nitrogen and oxygen atoms in total. The summed E-state index contributed by atoms with van der Waals surface area (Å²) in [5.41, 5.74) is 3.52. The summed E-state index contributed by atoms with van der Waals surface area (Å²) in [5.74, 6) is 0.759. The molecule has 1 saturated heterocycles. The van der Waals surface area contributed by atoms with E-state index in [1.54, 1.807) is 0 Å². The summed E-state index contributed by atoms with van der Waals surface area (Å²) in [7, 11) is 4.39. The molecule has 1 N–H and O–H groups in total. The molecule has 0 aliphatic carbocycles. The molecule has 26 heavy (non-hydrogen) atoms. The van der Waals surface area contributed by atoms with E-state index >= 15 is 0 Å². The molecule has 1 heterocycles. The second kappa shape index (κ2) is 14.6. The third-order valence-corrected chi connectivity index (χ3v) is 6.02. The number of ketones is 1. The lowest BCUT2D eigenvalue weighted by Crippen LogP contribution is -2.52. The molecule has 154 valence electrons. The summed E-state index contributed by atoms with van der Waals surface area (Å²) in [6.07, 6.45) is 20.8. The van der Waals surface area contributed by atoms with Gasteiger partial charge in [-0.2, -0.15) is 5.43 Å². The van der Waals surface area contributed by atoms with Crippen LogP contribution in [-0.2, 0) is 4.79 Å². The Hall–Kier alpha value is -0.410. The molecule has 0 aromatic carbocycles. The van der Waals surface area contributed by atoms with Crippen LogP contribution in [0.2, 0.25) is 0 Å². The van der Waals surface area contributed by atoms with Crippen molar-refractivity contribution in [3.63, 3.8) is 0 Å². The fraction of sp³-hybridized carbons (Fsp3) is 0.957. The van der Waals surface area contributed by atoms with Gasteiger partial charge in [0.15, 0.2) is 0 Å². The van der Waals surface area contributed by atoms with Crippen molar-refractivity contribution in [3.05, 3.63) is 0 Å². The van der Waals surface area contributed by atoms with Crippen LogP contribution in [0.1, 0.15) is 110 Å². The van der Waals surface area contributed by atoms with Crippen LogP contribution in [0.25, 0.3) is 0 Å². The first-order valence-electron chi connectivity index (χ1n) is 11.7. The van der Waals surface area contributed by atoms with E-state index < -0.39 is 0 Å². The molecule has 0 aromatic rings. The highest BCUT2D eigenvalue weighted by molar-refractivity contribution is 5.81. The molecule has 0 aromatic heterocycles. The van der Waals surface area contributed by atoms with Crippen molar-refractivity contribution >= 4 is 5.78 Å². The largest absolute Gasteiger partial charge is 0.299 e. The van der Waals surface area contributed by atoms with Gasteiger partial charge >= 0.3 is 0 Å². The minimum Gasteiger partial charge on any atom is -0.299 e. The van der Waals surface area contributed by atoms with Crippen molar-refractivity contribution in [1.82, 2.24) is 5.43 Å². The molecule has 0 bridgehead atoms. The van der Waals surface area contributed by atoms with Crippen LogP contribution in [0.15, 0.2) is 0 Å². The van der Waals surface area contributed by atoms with E-state index in [2.05, 4.69) is 26.4 Å². The summed E-state index contributed by atoms with van der Waals surface area (Å²) in [6, 6.07) is 0. The number of hydrogen-bond donors (Lipinski definition) is 1. The van der Waals surface area contributed by atoms with E-state index in [1.807, 2.05) is 0 Å². The standard InChI is InChI=1S/C23H47N2O/c1-4-5-6-7-8-9-10-11-12-13-14-15-16-19-23(26)22-18-17-20-25(2,3)24-21-22/h22,24H,4-21H2,1-3H3/q+1. The molecule has 0 radical (unpaired) electrons. The summed E-state index contributed by atoms with van der Waals surface area (Å²) >= 11 is 0. The highest BCUT2D eigenvalue weighted by atomic mass is 16.1. The Labute approximate surface area is 163 Å². The van der Waals surface area contributed by atoms with Gasteiger partial charge in [0.2, 0.25) is 0 Å². The number of carbonyl (C=O) groups excluding carboxylic acids is 1. The van der Waals surface area contributed by atoms with Gasteiger partial charge in [-0.05, 0) is 19.3 Å². The van der Waals surface area contributed by atoms with Crippen molar-refractivity contribution in [1.29, 1.82) is 0 Å². The molecule has 1 rings (SSSR count).